The van der Waals surface area contributed by atoms with Crippen molar-refractivity contribution in [2.24, 2.45) is 4.99 Å². The van der Waals surface area contributed by atoms with Crippen molar-refractivity contribution in [3.63, 3.8) is 0 Å². The predicted octanol–water partition coefficient (Wildman–Crippen LogP) is 2.07. The molecule has 0 amide bonds. The molecule has 3 rings (SSSR count). The molecular formula is C18H28IN5. The van der Waals surface area contributed by atoms with Crippen LogP contribution in [0.4, 0.5) is 0 Å². The van der Waals surface area contributed by atoms with Crippen LogP contribution in [0.1, 0.15) is 17.5 Å². The van der Waals surface area contributed by atoms with Crippen LogP contribution in [0.25, 0.3) is 0 Å². The molecule has 1 N–H and O–H groups in total. The molecule has 0 aromatic carbocycles. The van der Waals surface area contributed by atoms with Gasteiger partial charge >= 0.3 is 0 Å². The van der Waals surface area contributed by atoms with E-state index in [0.717, 1.165) is 45.1 Å². The second-order valence-corrected chi connectivity index (χ2v) is 6.34. The molecule has 1 fully saturated rings. The number of likely N-dealkylation sites (tertiary alicyclic amines) is 1. The van der Waals surface area contributed by atoms with Crippen LogP contribution >= 0.6 is 24.0 Å². The van der Waals surface area contributed by atoms with Crippen LogP contribution in [0.5, 0.6) is 0 Å². The molecule has 1 atom stereocenters. The number of nitrogens with zero attached hydrogens (tertiary/aromatic N) is 4. The molecule has 6 heteroatoms. The number of aryl methyl sites for hydroxylation is 1. The molecule has 0 saturated carbocycles. The van der Waals surface area contributed by atoms with E-state index >= 15 is 0 Å². The first-order chi connectivity index (χ1) is 11.3. The highest BCUT2D eigenvalue weighted by Crippen LogP contribution is 2.17. The van der Waals surface area contributed by atoms with Crippen molar-refractivity contribution in [2.45, 2.75) is 25.8 Å². The van der Waals surface area contributed by atoms with Crippen LogP contribution in [0.3, 0.4) is 0 Å². The van der Waals surface area contributed by atoms with E-state index in [1.807, 2.05) is 19.4 Å². The maximum atomic E-state index is 4.47. The summed E-state index contributed by atoms with van der Waals surface area (Å²) >= 11 is 0. The van der Waals surface area contributed by atoms with Gasteiger partial charge in [0.1, 0.15) is 0 Å². The van der Waals surface area contributed by atoms with Gasteiger partial charge in [0.25, 0.3) is 0 Å². The van der Waals surface area contributed by atoms with Crippen molar-refractivity contribution < 1.29 is 0 Å². The summed E-state index contributed by atoms with van der Waals surface area (Å²) in [6.45, 7) is 7.40. The zero-order valence-corrected chi connectivity index (χ0v) is 16.9. The van der Waals surface area contributed by atoms with E-state index in [2.05, 4.69) is 50.2 Å². The van der Waals surface area contributed by atoms with Crippen LogP contribution in [0, 0.1) is 6.92 Å². The quantitative estimate of drug-likeness (QED) is 0.336. The van der Waals surface area contributed by atoms with E-state index in [4.69, 9.17) is 0 Å². The molecule has 0 spiro atoms. The van der Waals surface area contributed by atoms with Gasteiger partial charge in [-0.1, -0.05) is 12.2 Å². The van der Waals surface area contributed by atoms with E-state index in [1.54, 1.807) is 0 Å². The number of rotatable bonds is 4. The van der Waals surface area contributed by atoms with Crippen molar-refractivity contribution in [1.82, 2.24) is 20.1 Å². The number of nitrogens with one attached hydrogen (secondary N) is 1. The third kappa shape index (κ3) is 4.69. The number of halogens is 1. The molecule has 132 valence electrons. The van der Waals surface area contributed by atoms with Gasteiger partial charge in [0, 0.05) is 58.2 Å². The van der Waals surface area contributed by atoms with Crippen molar-refractivity contribution in [2.75, 3.05) is 39.8 Å². The lowest BCUT2D eigenvalue weighted by atomic mass is 10.1. The zero-order chi connectivity index (χ0) is 16.1. The van der Waals surface area contributed by atoms with Crippen LogP contribution in [0.2, 0.25) is 0 Å². The number of aromatic nitrogens is 1. The Morgan fingerprint density at radius 2 is 2.17 bits per heavy atom. The molecule has 2 aliphatic heterocycles. The molecule has 1 aromatic rings. The van der Waals surface area contributed by atoms with Gasteiger partial charge < -0.3 is 10.2 Å². The summed E-state index contributed by atoms with van der Waals surface area (Å²) in [5.41, 5.74) is 2.61. The van der Waals surface area contributed by atoms with Gasteiger partial charge in [-0.3, -0.25) is 14.9 Å². The number of pyridine rings is 1. The Hall–Kier alpha value is -1.15. The van der Waals surface area contributed by atoms with Gasteiger partial charge in [0.15, 0.2) is 5.96 Å². The molecule has 0 radical (unpaired) electrons. The van der Waals surface area contributed by atoms with Gasteiger partial charge in [0.05, 0.1) is 0 Å². The van der Waals surface area contributed by atoms with E-state index in [1.165, 1.54) is 17.5 Å². The van der Waals surface area contributed by atoms with E-state index < -0.39 is 0 Å². The van der Waals surface area contributed by atoms with E-state index in [9.17, 15) is 0 Å². The summed E-state index contributed by atoms with van der Waals surface area (Å²) < 4.78 is 0. The summed E-state index contributed by atoms with van der Waals surface area (Å²) in [4.78, 5) is 13.6. The zero-order valence-electron chi connectivity index (χ0n) is 14.6. The highest BCUT2D eigenvalue weighted by molar-refractivity contribution is 14.0. The van der Waals surface area contributed by atoms with Gasteiger partial charge in [-0.2, -0.15) is 0 Å². The number of hydrogen-bond acceptors (Lipinski definition) is 3. The monoisotopic (exact) mass is 441 g/mol. The topological polar surface area (TPSA) is 43.8 Å². The van der Waals surface area contributed by atoms with Crippen molar-refractivity contribution in [3.05, 3.63) is 41.7 Å². The standard InChI is InChI=1S/C18H27N5.HI/c1-15-13-20-8-5-16(15)6-9-21-18(19-2)23-12-7-17(14-23)22-10-3-4-11-22;/h3-5,8,13,17H,6-7,9-12,14H2,1-2H3,(H,19,21);1H. The van der Waals surface area contributed by atoms with E-state index in [-0.39, 0.29) is 24.0 Å². The summed E-state index contributed by atoms with van der Waals surface area (Å²) in [6, 6.07) is 2.76. The fourth-order valence-corrected chi connectivity index (χ4v) is 3.45. The molecule has 24 heavy (non-hydrogen) atoms. The number of aliphatic imine (C=N–C) groups is 1. The first kappa shape index (κ1) is 19.2. The van der Waals surface area contributed by atoms with Crippen molar-refractivity contribution in [1.29, 1.82) is 0 Å². The molecule has 0 bridgehead atoms. The van der Waals surface area contributed by atoms with Crippen molar-refractivity contribution in [3.8, 4) is 0 Å². The summed E-state index contributed by atoms with van der Waals surface area (Å²) in [6.07, 6.45) is 10.6. The second-order valence-electron chi connectivity index (χ2n) is 6.34. The van der Waals surface area contributed by atoms with Crippen LogP contribution in [-0.4, -0.2) is 66.6 Å². The second kappa shape index (κ2) is 9.36. The average Bonchev–Trinajstić information content (AvgIpc) is 3.24. The van der Waals surface area contributed by atoms with Crippen LogP contribution in [-0.2, 0) is 6.42 Å². The predicted molar refractivity (Wildman–Crippen MR) is 110 cm³/mol. The molecular weight excluding hydrogens is 413 g/mol. The molecule has 1 aromatic heterocycles. The molecule has 1 saturated heterocycles. The molecule has 3 heterocycles. The summed E-state index contributed by atoms with van der Waals surface area (Å²) in [5, 5.41) is 3.52. The maximum Gasteiger partial charge on any atom is 0.193 e. The third-order valence-corrected chi connectivity index (χ3v) is 4.85. The Kier molecular flexibility index (Phi) is 7.48. The highest BCUT2D eigenvalue weighted by Gasteiger charge is 2.29. The van der Waals surface area contributed by atoms with Gasteiger partial charge in [-0.25, -0.2) is 0 Å². The Balaban J connectivity index is 0.00000208. The smallest absolute Gasteiger partial charge is 0.193 e. The van der Waals surface area contributed by atoms with Gasteiger partial charge in [0.2, 0.25) is 0 Å². The van der Waals surface area contributed by atoms with Crippen LogP contribution in [0.15, 0.2) is 35.6 Å². The number of guanidine groups is 1. The number of hydrogen-bond donors (Lipinski definition) is 1. The molecule has 1 unspecified atom stereocenters. The fraction of sp³-hybridized carbons (Fsp3) is 0.556. The summed E-state index contributed by atoms with van der Waals surface area (Å²) in [5.74, 6) is 1.03. The molecule has 0 aliphatic carbocycles. The van der Waals surface area contributed by atoms with E-state index in [0.29, 0.717) is 6.04 Å². The lowest BCUT2D eigenvalue weighted by Gasteiger charge is -2.25. The highest BCUT2D eigenvalue weighted by atomic mass is 127. The third-order valence-electron chi connectivity index (χ3n) is 4.85. The lowest BCUT2D eigenvalue weighted by molar-refractivity contribution is 0.259. The van der Waals surface area contributed by atoms with Crippen molar-refractivity contribution >= 4 is 29.9 Å². The first-order valence-corrected chi connectivity index (χ1v) is 8.52. The SMILES string of the molecule is CN=C(NCCc1ccncc1C)N1CCC(N2CC=CC2)C1.I. The minimum atomic E-state index is 0. The minimum Gasteiger partial charge on any atom is -0.356 e. The van der Waals surface area contributed by atoms with Crippen LogP contribution < -0.4 is 5.32 Å². The maximum absolute atomic E-state index is 4.47. The minimum absolute atomic E-state index is 0. The van der Waals surface area contributed by atoms with Gasteiger partial charge in [-0.15, -0.1) is 24.0 Å². The lowest BCUT2D eigenvalue weighted by Crippen LogP contribution is -2.43. The molecule has 5 nitrogen and oxygen atoms in total. The Morgan fingerprint density at radius 3 is 2.88 bits per heavy atom. The Labute approximate surface area is 162 Å². The Morgan fingerprint density at radius 1 is 1.38 bits per heavy atom. The normalized spacial score (nSPS) is 21.2. The Bertz CT molecular complexity index is 579. The largest absolute Gasteiger partial charge is 0.356 e. The molecule has 2 aliphatic rings. The fourth-order valence-electron chi connectivity index (χ4n) is 3.45. The average molecular weight is 441 g/mol. The van der Waals surface area contributed by atoms with Gasteiger partial charge in [-0.05, 0) is 37.0 Å². The summed E-state index contributed by atoms with van der Waals surface area (Å²) in [7, 11) is 1.88. The first-order valence-electron chi connectivity index (χ1n) is 8.52.